The molecule has 2 heteroatoms. The first-order valence-electron chi connectivity index (χ1n) is 6.75. The summed E-state index contributed by atoms with van der Waals surface area (Å²) in [7, 11) is 0. The maximum absolute atomic E-state index is 3.67. The number of fused-ring (bicyclic) bond motifs is 1. The molecule has 98 valence electrons. The lowest BCUT2D eigenvalue weighted by molar-refractivity contribution is 0.761. The molecule has 2 aromatic rings. The summed E-state index contributed by atoms with van der Waals surface area (Å²) in [5.41, 5.74) is 6.80. The molecule has 1 aliphatic rings. The second-order valence-corrected chi connectivity index (χ2v) is 6.26. The highest BCUT2D eigenvalue weighted by Gasteiger charge is 2.22. The van der Waals surface area contributed by atoms with Gasteiger partial charge in [-0.25, -0.2) is 0 Å². The van der Waals surface area contributed by atoms with Crippen LogP contribution in [-0.4, -0.2) is 0 Å². The van der Waals surface area contributed by atoms with Crippen LogP contribution in [0.4, 0.5) is 5.69 Å². The lowest BCUT2D eigenvalue weighted by Crippen LogP contribution is -2.07. The monoisotopic (exact) mass is 315 g/mol. The Labute approximate surface area is 123 Å². The quantitative estimate of drug-likeness (QED) is 0.806. The fourth-order valence-corrected chi connectivity index (χ4v) is 3.05. The van der Waals surface area contributed by atoms with E-state index in [9.17, 15) is 0 Å². The highest BCUT2D eigenvalue weighted by Crippen LogP contribution is 2.35. The first kappa shape index (κ1) is 12.7. The van der Waals surface area contributed by atoms with E-state index in [1.807, 2.05) is 0 Å². The summed E-state index contributed by atoms with van der Waals surface area (Å²) < 4.78 is 1.17. The molecule has 1 nitrogen and oxygen atoms in total. The number of rotatable bonds is 2. The van der Waals surface area contributed by atoms with Gasteiger partial charge in [0, 0.05) is 10.2 Å². The van der Waals surface area contributed by atoms with E-state index in [2.05, 4.69) is 71.5 Å². The zero-order valence-corrected chi connectivity index (χ0v) is 12.9. The molecule has 0 bridgehead atoms. The van der Waals surface area contributed by atoms with Gasteiger partial charge in [0.05, 0.1) is 6.04 Å². The van der Waals surface area contributed by atoms with Crippen LogP contribution in [0.15, 0.2) is 40.9 Å². The van der Waals surface area contributed by atoms with Crippen LogP contribution in [0.3, 0.4) is 0 Å². The fraction of sp³-hybridized carbons (Fsp3) is 0.294. The summed E-state index contributed by atoms with van der Waals surface area (Å²) in [6, 6.07) is 13.7. The van der Waals surface area contributed by atoms with E-state index >= 15 is 0 Å². The van der Waals surface area contributed by atoms with E-state index in [-0.39, 0.29) is 0 Å². The number of nitrogens with one attached hydrogen (secondary N) is 1. The molecular weight excluding hydrogens is 298 g/mol. The van der Waals surface area contributed by atoms with Gasteiger partial charge in [0.2, 0.25) is 0 Å². The topological polar surface area (TPSA) is 12.0 Å². The molecule has 1 N–H and O–H groups in total. The minimum Gasteiger partial charge on any atom is -0.378 e. The van der Waals surface area contributed by atoms with Crippen molar-refractivity contribution in [3.05, 3.63) is 63.1 Å². The molecule has 2 aromatic carbocycles. The molecule has 0 aromatic heterocycles. The van der Waals surface area contributed by atoms with Crippen molar-refractivity contribution < 1.29 is 0 Å². The van der Waals surface area contributed by atoms with E-state index in [1.165, 1.54) is 45.3 Å². The predicted molar refractivity (Wildman–Crippen MR) is 84.7 cm³/mol. The molecule has 1 unspecified atom stereocenters. The maximum Gasteiger partial charge on any atom is 0.0519 e. The van der Waals surface area contributed by atoms with E-state index in [1.54, 1.807) is 0 Å². The first-order valence-corrected chi connectivity index (χ1v) is 7.55. The number of anilines is 1. The van der Waals surface area contributed by atoms with Crippen LogP contribution >= 0.6 is 15.9 Å². The van der Waals surface area contributed by atoms with Crippen LogP contribution in [0.1, 0.15) is 34.7 Å². The molecule has 0 heterocycles. The van der Waals surface area contributed by atoms with Crippen LogP contribution in [0, 0.1) is 13.8 Å². The van der Waals surface area contributed by atoms with Gasteiger partial charge in [-0.15, -0.1) is 0 Å². The van der Waals surface area contributed by atoms with Crippen LogP contribution in [0.2, 0.25) is 0 Å². The van der Waals surface area contributed by atoms with Gasteiger partial charge in [-0.05, 0) is 61.6 Å². The van der Waals surface area contributed by atoms with Gasteiger partial charge in [-0.1, -0.05) is 39.7 Å². The van der Waals surface area contributed by atoms with Crippen LogP contribution in [-0.2, 0) is 6.42 Å². The number of benzene rings is 2. The van der Waals surface area contributed by atoms with Gasteiger partial charge < -0.3 is 5.32 Å². The SMILES string of the molecule is Cc1ccc2c(c1)C(Nc1ccc(Br)c(C)c1)CC2. The molecule has 0 saturated carbocycles. The van der Waals surface area contributed by atoms with Crippen LogP contribution < -0.4 is 5.32 Å². The fourth-order valence-electron chi connectivity index (χ4n) is 2.81. The molecule has 0 amide bonds. The standard InChI is InChI=1S/C17H18BrN/c1-11-3-4-13-5-8-17(15(13)9-11)19-14-6-7-16(18)12(2)10-14/h3-4,6-7,9-10,17,19H,5,8H2,1-2H3. The smallest absolute Gasteiger partial charge is 0.0519 e. The summed E-state index contributed by atoms with van der Waals surface area (Å²) in [4.78, 5) is 0. The second-order valence-electron chi connectivity index (χ2n) is 5.40. The second kappa shape index (κ2) is 5.01. The highest BCUT2D eigenvalue weighted by atomic mass is 79.9. The van der Waals surface area contributed by atoms with Crippen LogP contribution in [0.5, 0.6) is 0 Å². The third-order valence-corrected chi connectivity index (χ3v) is 4.77. The average molecular weight is 316 g/mol. The number of halogens is 1. The number of hydrogen-bond acceptors (Lipinski definition) is 1. The normalized spacial score (nSPS) is 17.3. The summed E-state index contributed by atoms with van der Waals surface area (Å²) >= 11 is 3.55. The zero-order chi connectivity index (χ0) is 13.4. The van der Waals surface area contributed by atoms with Crippen molar-refractivity contribution in [1.82, 2.24) is 0 Å². The molecule has 0 saturated heterocycles. The van der Waals surface area contributed by atoms with Crippen molar-refractivity contribution in [2.24, 2.45) is 0 Å². The molecule has 1 aliphatic carbocycles. The third kappa shape index (κ3) is 2.55. The lowest BCUT2D eigenvalue weighted by atomic mass is 10.0. The third-order valence-electron chi connectivity index (χ3n) is 3.88. The Bertz CT molecular complexity index is 619. The van der Waals surface area contributed by atoms with E-state index in [0.29, 0.717) is 6.04 Å². The molecule has 19 heavy (non-hydrogen) atoms. The van der Waals surface area contributed by atoms with Gasteiger partial charge in [0.25, 0.3) is 0 Å². The predicted octanol–water partition coefficient (Wildman–Crippen LogP) is 5.17. The van der Waals surface area contributed by atoms with Crippen molar-refractivity contribution in [3.63, 3.8) is 0 Å². The molecular formula is C17H18BrN. The van der Waals surface area contributed by atoms with Crippen molar-refractivity contribution in [2.75, 3.05) is 5.32 Å². The van der Waals surface area contributed by atoms with Gasteiger partial charge in [-0.3, -0.25) is 0 Å². The lowest BCUT2D eigenvalue weighted by Gasteiger charge is -2.17. The van der Waals surface area contributed by atoms with Gasteiger partial charge >= 0.3 is 0 Å². The Kier molecular flexibility index (Phi) is 3.36. The maximum atomic E-state index is 3.67. The average Bonchev–Trinajstić information content (AvgIpc) is 2.77. The van der Waals surface area contributed by atoms with E-state index in [0.717, 1.165) is 0 Å². The Morgan fingerprint density at radius 2 is 1.95 bits per heavy atom. The summed E-state index contributed by atoms with van der Waals surface area (Å²) in [5.74, 6) is 0. The Morgan fingerprint density at radius 1 is 1.11 bits per heavy atom. The summed E-state index contributed by atoms with van der Waals surface area (Å²) in [6.45, 7) is 4.29. The van der Waals surface area contributed by atoms with Crippen molar-refractivity contribution in [1.29, 1.82) is 0 Å². The van der Waals surface area contributed by atoms with E-state index in [4.69, 9.17) is 0 Å². The molecule has 1 atom stereocenters. The minimum absolute atomic E-state index is 0.454. The summed E-state index contributed by atoms with van der Waals surface area (Å²) in [5, 5.41) is 3.67. The number of hydrogen-bond donors (Lipinski definition) is 1. The first-order chi connectivity index (χ1) is 9.13. The van der Waals surface area contributed by atoms with Crippen molar-refractivity contribution in [3.8, 4) is 0 Å². The molecule has 0 aliphatic heterocycles. The molecule has 0 spiro atoms. The Hall–Kier alpha value is -1.28. The van der Waals surface area contributed by atoms with Gasteiger partial charge in [0.1, 0.15) is 0 Å². The summed E-state index contributed by atoms with van der Waals surface area (Å²) in [6.07, 6.45) is 2.37. The zero-order valence-electron chi connectivity index (χ0n) is 11.3. The molecule has 0 radical (unpaired) electrons. The number of aryl methyl sites for hydroxylation is 3. The minimum atomic E-state index is 0.454. The molecule has 3 rings (SSSR count). The van der Waals surface area contributed by atoms with Gasteiger partial charge in [0.15, 0.2) is 0 Å². The van der Waals surface area contributed by atoms with E-state index < -0.39 is 0 Å². The van der Waals surface area contributed by atoms with Gasteiger partial charge in [-0.2, -0.15) is 0 Å². The molecule has 0 fully saturated rings. The largest absolute Gasteiger partial charge is 0.378 e. The Balaban J connectivity index is 1.86. The highest BCUT2D eigenvalue weighted by molar-refractivity contribution is 9.10. The Morgan fingerprint density at radius 3 is 2.74 bits per heavy atom. The van der Waals surface area contributed by atoms with Crippen molar-refractivity contribution in [2.45, 2.75) is 32.7 Å². The van der Waals surface area contributed by atoms with Crippen LogP contribution in [0.25, 0.3) is 0 Å². The van der Waals surface area contributed by atoms with Crippen molar-refractivity contribution >= 4 is 21.6 Å².